The highest BCUT2D eigenvalue weighted by atomic mass is 16.6. The number of aliphatic hydroxyl groups excluding tert-OH is 1. The molecule has 0 radical (unpaired) electrons. The first kappa shape index (κ1) is 13.3. The van der Waals surface area contributed by atoms with Gasteiger partial charge in [-0.1, -0.05) is 0 Å². The summed E-state index contributed by atoms with van der Waals surface area (Å²) in [6, 6.07) is 0. The van der Waals surface area contributed by atoms with Crippen LogP contribution in [0, 0.1) is 0 Å². The van der Waals surface area contributed by atoms with E-state index in [1.165, 1.54) is 11.8 Å². The monoisotopic (exact) mass is 231 g/mol. The van der Waals surface area contributed by atoms with Crippen LogP contribution in [0.25, 0.3) is 0 Å². The molecule has 1 saturated heterocycles. The summed E-state index contributed by atoms with van der Waals surface area (Å²) < 4.78 is 5.20. The molecule has 1 heterocycles. The molecule has 0 aliphatic carbocycles. The SMILES string of the molecule is CC(C)(C)OC(=O)N1CC[C@@H](O)[C@](C)(O)C1. The molecule has 16 heavy (non-hydrogen) atoms. The Balaban J connectivity index is 2.60. The average molecular weight is 231 g/mol. The van der Waals surface area contributed by atoms with E-state index in [1.54, 1.807) is 20.8 Å². The van der Waals surface area contributed by atoms with E-state index in [9.17, 15) is 15.0 Å². The number of amides is 1. The molecule has 0 unspecified atom stereocenters. The molecule has 5 heteroatoms. The Hall–Kier alpha value is -0.810. The van der Waals surface area contributed by atoms with E-state index < -0.39 is 23.4 Å². The van der Waals surface area contributed by atoms with E-state index in [4.69, 9.17) is 4.74 Å². The molecule has 1 fully saturated rings. The second-order valence-corrected chi connectivity index (χ2v) is 5.56. The Morgan fingerprint density at radius 1 is 1.50 bits per heavy atom. The van der Waals surface area contributed by atoms with Crippen molar-refractivity contribution < 1.29 is 19.7 Å². The number of aliphatic hydroxyl groups is 2. The summed E-state index contributed by atoms with van der Waals surface area (Å²) in [4.78, 5) is 13.1. The smallest absolute Gasteiger partial charge is 0.410 e. The summed E-state index contributed by atoms with van der Waals surface area (Å²) in [6.45, 7) is 7.41. The van der Waals surface area contributed by atoms with E-state index in [0.29, 0.717) is 13.0 Å². The fourth-order valence-corrected chi connectivity index (χ4v) is 1.64. The van der Waals surface area contributed by atoms with E-state index in [2.05, 4.69) is 0 Å². The number of likely N-dealkylation sites (tertiary alicyclic amines) is 1. The minimum absolute atomic E-state index is 0.100. The third-order valence-corrected chi connectivity index (χ3v) is 2.55. The highest BCUT2D eigenvalue weighted by molar-refractivity contribution is 5.68. The molecule has 5 nitrogen and oxygen atoms in total. The second-order valence-electron chi connectivity index (χ2n) is 5.56. The number of hydrogen-bond donors (Lipinski definition) is 2. The van der Waals surface area contributed by atoms with Gasteiger partial charge in [-0.3, -0.25) is 0 Å². The molecule has 0 aromatic rings. The third kappa shape index (κ3) is 3.35. The molecule has 2 N–H and O–H groups in total. The number of rotatable bonds is 0. The molecule has 1 amide bonds. The van der Waals surface area contributed by atoms with Crippen LogP contribution in [-0.4, -0.2) is 51.6 Å². The van der Waals surface area contributed by atoms with Crippen molar-refractivity contribution >= 4 is 6.09 Å². The van der Waals surface area contributed by atoms with Gasteiger partial charge in [0.2, 0.25) is 0 Å². The number of piperidine rings is 1. The molecule has 1 aliphatic heterocycles. The largest absolute Gasteiger partial charge is 0.444 e. The van der Waals surface area contributed by atoms with Gasteiger partial charge in [-0.25, -0.2) is 4.79 Å². The van der Waals surface area contributed by atoms with Crippen molar-refractivity contribution in [2.75, 3.05) is 13.1 Å². The van der Waals surface area contributed by atoms with Gasteiger partial charge in [0.25, 0.3) is 0 Å². The first-order valence-corrected chi connectivity index (χ1v) is 5.50. The van der Waals surface area contributed by atoms with Crippen LogP contribution < -0.4 is 0 Å². The topological polar surface area (TPSA) is 70.0 Å². The Labute approximate surface area is 96.0 Å². The van der Waals surface area contributed by atoms with Crippen LogP contribution in [0.15, 0.2) is 0 Å². The minimum Gasteiger partial charge on any atom is -0.444 e. The van der Waals surface area contributed by atoms with E-state index in [1.807, 2.05) is 0 Å². The molecule has 1 rings (SSSR count). The van der Waals surface area contributed by atoms with Crippen molar-refractivity contribution in [1.82, 2.24) is 4.90 Å². The first-order chi connectivity index (χ1) is 7.12. The van der Waals surface area contributed by atoms with Gasteiger partial charge in [-0.05, 0) is 34.1 Å². The molecule has 0 bridgehead atoms. The molecule has 0 saturated carbocycles. The lowest BCUT2D eigenvalue weighted by atomic mass is 9.92. The summed E-state index contributed by atoms with van der Waals surface area (Å²) in [5.74, 6) is 0. The Kier molecular flexibility index (Phi) is 3.50. The Bertz CT molecular complexity index is 270. The van der Waals surface area contributed by atoms with Crippen LogP contribution in [0.2, 0.25) is 0 Å². The zero-order valence-corrected chi connectivity index (χ0v) is 10.4. The lowest BCUT2D eigenvalue weighted by Gasteiger charge is -2.40. The zero-order valence-electron chi connectivity index (χ0n) is 10.4. The van der Waals surface area contributed by atoms with Gasteiger partial charge in [-0.15, -0.1) is 0 Å². The maximum absolute atomic E-state index is 11.7. The first-order valence-electron chi connectivity index (χ1n) is 5.50. The number of hydrogen-bond acceptors (Lipinski definition) is 4. The Morgan fingerprint density at radius 2 is 2.06 bits per heavy atom. The molecule has 1 aliphatic rings. The summed E-state index contributed by atoms with van der Waals surface area (Å²) in [7, 11) is 0. The maximum Gasteiger partial charge on any atom is 0.410 e. The van der Waals surface area contributed by atoms with Gasteiger partial charge in [0.15, 0.2) is 0 Å². The zero-order chi connectivity index (χ0) is 12.6. The van der Waals surface area contributed by atoms with Gasteiger partial charge < -0.3 is 19.8 Å². The lowest BCUT2D eigenvalue weighted by molar-refractivity contribution is -0.108. The summed E-state index contributed by atoms with van der Waals surface area (Å²) in [5.41, 5.74) is -1.80. The van der Waals surface area contributed by atoms with Crippen LogP contribution >= 0.6 is 0 Å². The Morgan fingerprint density at radius 3 is 2.50 bits per heavy atom. The van der Waals surface area contributed by atoms with Crippen molar-refractivity contribution in [3.63, 3.8) is 0 Å². The maximum atomic E-state index is 11.7. The van der Waals surface area contributed by atoms with Gasteiger partial charge in [0.1, 0.15) is 11.2 Å². The van der Waals surface area contributed by atoms with Gasteiger partial charge >= 0.3 is 6.09 Å². The average Bonchev–Trinajstić information content (AvgIpc) is 2.06. The molecule has 0 aromatic carbocycles. The summed E-state index contributed by atoms with van der Waals surface area (Å²) in [6.07, 6.45) is -0.863. The number of nitrogens with zero attached hydrogens (tertiary/aromatic N) is 1. The molecular weight excluding hydrogens is 210 g/mol. The van der Waals surface area contributed by atoms with E-state index in [-0.39, 0.29) is 6.54 Å². The number of β-amino-alcohol motifs (C(OH)–C–C–N with tert-alkyl or cyclic N) is 1. The van der Waals surface area contributed by atoms with Crippen LogP contribution in [0.1, 0.15) is 34.1 Å². The predicted molar refractivity (Wildman–Crippen MR) is 59.1 cm³/mol. The van der Waals surface area contributed by atoms with E-state index in [0.717, 1.165) is 0 Å². The number of carbonyl (C=O) groups is 1. The molecule has 0 spiro atoms. The third-order valence-electron chi connectivity index (χ3n) is 2.55. The van der Waals surface area contributed by atoms with E-state index >= 15 is 0 Å². The van der Waals surface area contributed by atoms with Crippen LogP contribution in [-0.2, 0) is 4.74 Å². The highest BCUT2D eigenvalue weighted by Gasteiger charge is 2.39. The minimum atomic E-state index is -1.25. The normalized spacial score (nSPS) is 31.4. The van der Waals surface area contributed by atoms with Gasteiger partial charge in [0.05, 0.1) is 12.6 Å². The number of carbonyl (C=O) groups excluding carboxylic acids is 1. The van der Waals surface area contributed by atoms with Gasteiger partial charge in [-0.2, -0.15) is 0 Å². The van der Waals surface area contributed by atoms with Crippen molar-refractivity contribution in [2.45, 2.75) is 51.4 Å². The van der Waals surface area contributed by atoms with Gasteiger partial charge in [0, 0.05) is 6.54 Å². The van der Waals surface area contributed by atoms with Crippen LogP contribution in [0.3, 0.4) is 0 Å². The fraction of sp³-hybridized carbons (Fsp3) is 0.909. The highest BCUT2D eigenvalue weighted by Crippen LogP contribution is 2.22. The fourth-order valence-electron chi connectivity index (χ4n) is 1.64. The molecule has 0 aromatic heterocycles. The van der Waals surface area contributed by atoms with Crippen molar-refractivity contribution in [1.29, 1.82) is 0 Å². The van der Waals surface area contributed by atoms with Crippen LogP contribution in [0.5, 0.6) is 0 Å². The van der Waals surface area contributed by atoms with Crippen molar-refractivity contribution in [3.8, 4) is 0 Å². The second kappa shape index (κ2) is 4.22. The van der Waals surface area contributed by atoms with Crippen molar-refractivity contribution in [3.05, 3.63) is 0 Å². The standard InChI is InChI=1S/C11H21NO4/c1-10(2,3)16-9(14)12-6-5-8(13)11(4,15)7-12/h8,13,15H,5-7H2,1-4H3/t8-,11-/m1/s1. The molecular formula is C11H21NO4. The lowest BCUT2D eigenvalue weighted by Crippen LogP contribution is -2.57. The molecule has 2 atom stereocenters. The van der Waals surface area contributed by atoms with Crippen LogP contribution in [0.4, 0.5) is 4.79 Å². The summed E-state index contributed by atoms with van der Waals surface area (Å²) in [5, 5.41) is 19.4. The number of ether oxygens (including phenoxy) is 1. The van der Waals surface area contributed by atoms with Crippen molar-refractivity contribution in [2.24, 2.45) is 0 Å². The quantitative estimate of drug-likeness (QED) is 0.645. The molecule has 94 valence electrons. The summed E-state index contributed by atoms with van der Waals surface area (Å²) >= 11 is 0. The predicted octanol–water partition coefficient (Wildman–Crippen LogP) is 0.739.